The number of carbonyl (C=O) groups is 3. The third kappa shape index (κ3) is 4.77. The normalized spacial score (nSPS) is 12.9. The van der Waals surface area contributed by atoms with Gasteiger partial charge in [-0.1, -0.05) is 12.1 Å². The van der Waals surface area contributed by atoms with Gasteiger partial charge in [0.1, 0.15) is 5.60 Å². The predicted octanol–water partition coefficient (Wildman–Crippen LogP) is 6.36. The van der Waals surface area contributed by atoms with Crippen molar-refractivity contribution in [3.63, 3.8) is 0 Å². The second kappa shape index (κ2) is 9.79. The maximum absolute atomic E-state index is 13.6. The van der Waals surface area contributed by atoms with Gasteiger partial charge in [0.25, 0.3) is 11.8 Å². The summed E-state index contributed by atoms with van der Waals surface area (Å²) in [6.45, 7) is 5.46. The molecule has 5 rings (SSSR count). The van der Waals surface area contributed by atoms with Crippen LogP contribution in [0, 0.1) is 0 Å². The topological polar surface area (TPSA) is 94.2 Å². The van der Waals surface area contributed by atoms with Crippen LogP contribution in [0.2, 0.25) is 0 Å². The first-order valence-corrected chi connectivity index (χ1v) is 12.4. The Morgan fingerprint density at radius 1 is 0.795 bits per heavy atom. The minimum absolute atomic E-state index is 0.387. The first-order chi connectivity index (χ1) is 18.6. The number of amides is 2. The summed E-state index contributed by atoms with van der Waals surface area (Å²) in [6, 6.07) is 20.8. The molecule has 0 spiro atoms. The van der Waals surface area contributed by atoms with Gasteiger partial charge in [0, 0.05) is 39.3 Å². The maximum atomic E-state index is 13.6. The summed E-state index contributed by atoms with van der Waals surface area (Å²) in [7, 11) is 3.02. The zero-order chi connectivity index (χ0) is 27.9. The molecule has 8 heteroatoms. The van der Waals surface area contributed by atoms with Gasteiger partial charge >= 0.3 is 5.97 Å². The Morgan fingerprint density at radius 3 is 2.10 bits per heavy atom. The highest BCUT2D eigenvalue weighted by atomic mass is 16.6. The van der Waals surface area contributed by atoms with E-state index in [1.54, 1.807) is 60.7 Å². The summed E-state index contributed by atoms with van der Waals surface area (Å²) in [4.78, 5) is 40.7. The number of hydrogen-bond acceptors (Lipinski definition) is 7. The van der Waals surface area contributed by atoms with Gasteiger partial charge < -0.3 is 19.5 Å². The number of nitrogens with zero attached hydrogens (tertiary/aromatic N) is 1. The van der Waals surface area contributed by atoms with Crippen molar-refractivity contribution in [2.45, 2.75) is 26.4 Å². The molecular formula is C31H28N2O6. The van der Waals surface area contributed by atoms with Crippen molar-refractivity contribution in [1.29, 1.82) is 0 Å². The van der Waals surface area contributed by atoms with Crippen molar-refractivity contribution >= 4 is 45.6 Å². The summed E-state index contributed by atoms with van der Waals surface area (Å²) >= 11 is 0. The van der Waals surface area contributed by atoms with Crippen LogP contribution in [0.5, 0.6) is 11.5 Å². The molecule has 0 aliphatic carbocycles. The number of ether oxygens (including phenoxy) is 3. The minimum Gasteiger partial charge on any atom is -0.493 e. The van der Waals surface area contributed by atoms with E-state index in [1.165, 1.54) is 14.2 Å². The molecule has 0 aromatic heterocycles. The van der Waals surface area contributed by atoms with E-state index in [4.69, 9.17) is 14.2 Å². The predicted molar refractivity (Wildman–Crippen MR) is 150 cm³/mol. The molecule has 4 aromatic rings. The lowest BCUT2D eigenvalue weighted by molar-refractivity contribution is 0.00693. The lowest BCUT2D eigenvalue weighted by Crippen LogP contribution is -2.40. The molecule has 0 fully saturated rings. The number of rotatable bonds is 6. The summed E-state index contributed by atoms with van der Waals surface area (Å²) in [5, 5.41) is 4.66. The fraction of sp³-hybridized carbons (Fsp3) is 0.194. The zero-order valence-corrected chi connectivity index (χ0v) is 22.3. The van der Waals surface area contributed by atoms with Gasteiger partial charge in [0.2, 0.25) is 0 Å². The second-order valence-electron chi connectivity index (χ2n) is 10.1. The van der Waals surface area contributed by atoms with Gasteiger partial charge in [0.15, 0.2) is 11.5 Å². The van der Waals surface area contributed by atoms with Crippen molar-refractivity contribution in [3.05, 3.63) is 89.5 Å². The van der Waals surface area contributed by atoms with Crippen LogP contribution in [0.4, 0.5) is 17.1 Å². The number of hydrogen-bond donors (Lipinski definition) is 1. The van der Waals surface area contributed by atoms with E-state index in [0.717, 1.165) is 21.7 Å². The number of benzene rings is 4. The van der Waals surface area contributed by atoms with Crippen LogP contribution in [-0.2, 0) is 4.74 Å². The van der Waals surface area contributed by atoms with E-state index in [-0.39, 0.29) is 0 Å². The van der Waals surface area contributed by atoms with Crippen molar-refractivity contribution in [2.75, 3.05) is 24.4 Å². The van der Waals surface area contributed by atoms with Crippen LogP contribution in [0.25, 0.3) is 10.8 Å². The number of carbonyl (C=O) groups excluding carboxylic acids is 3. The monoisotopic (exact) mass is 524 g/mol. The van der Waals surface area contributed by atoms with E-state index in [1.807, 2.05) is 32.9 Å². The SMILES string of the molecule is COc1ccc(N2C(=O)c3cccc4c(Nc5ccc(C(=O)OC(C)(C)C)cc5)ccc(c34)C2=O)cc1OC. The van der Waals surface area contributed by atoms with E-state index < -0.39 is 23.4 Å². The van der Waals surface area contributed by atoms with E-state index in [9.17, 15) is 14.4 Å². The summed E-state index contributed by atoms with van der Waals surface area (Å²) < 4.78 is 16.1. The largest absolute Gasteiger partial charge is 0.493 e. The minimum atomic E-state index is -0.582. The van der Waals surface area contributed by atoms with Gasteiger partial charge in [-0.15, -0.1) is 0 Å². The molecule has 0 saturated heterocycles. The van der Waals surface area contributed by atoms with Crippen LogP contribution in [-0.4, -0.2) is 37.6 Å². The quantitative estimate of drug-likeness (QED) is 0.232. The van der Waals surface area contributed by atoms with E-state index in [0.29, 0.717) is 39.3 Å². The molecule has 198 valence electrons. The maximum Gasteiger partial charge on any atom is 0.338 e. The number of nitrogens with one attached hydrogen (secondary N) is 1. The second-order valence-corrected chi connectivity index (χ2v) is 10.1. The molecule has 0 saturated carbocycles. The highest BCUT2D eigenvalue weighted by molar-refractivity contribution is 6.36. The van der Waals surface area contributed by atoms with Crippen LogP contribution in [0.15, 0.2) is 72.8 Å². The Balaban J connectivity index is 1.48. The van der Waals surface area contributed by atoms with Gasteiger partial charge in [0.05, 0.1) is 25.5 Å². The Labute approximate surface area is 226 Å². The molecule has 1 aliphatic heterocycles. The Morgan fingerprint density at radius 2 is 1.46 bits per heavy atom. The third-order valence-electron chi connectivity index (χ3n) is 6.33. The molecule has 0 bridgehead atoms. The molecule has 4 aromatic carbocycles. The smallest absolute Gasteiger partial charge is 0.338 e. The van der Waals surface area contributed by atoms with Crippen molar-refractivity contribution < 1.29 is 28.6 Å². The summed E-state index contributed by atoms with van der Waals surface area (Å²) in [5.74, 6) is -0.340. The standard InChI is InChI=1S/C31H28N2O6/c1-31(2,3)39-30(36)18-9-11-19(12-10-18)32-24-15-14-23-27-21(24)7-6-8-22(27)28(34)33(29(23)35)20-13-16-25(37-4)26(17-20)38-5/h6-17,32H,1-5H3. The van der Waals surface area contributed by atoms with Crippen LogP contribution in [0.3, 0.4) is 0 Å². The molecule has 0 radical (unpaired) electrons. The van der Waals surface area contributed by atoms with Crippen molar-refractivity contribution in [3.8, 4) is 11.5 Å². The van der Waals surface area contributed by atoms with Gasteiger partial charge in [-0.25, -0.2) is 9.69 Å². The molecular weight excluding hydrogens is 496 g/mol. The van der Waals surface area contributed by atoms with Crippen molar-refractivity contribution in [1.82, 2.24) is 0 Å². The Kier molecular flexibility index (Phi) is 6.48. The van der Waals surface area contributed by atoms with E-state index in [2.05, 4.69) is 5.32 Å². The average Bonchev–Trinajstić information content (AvgIpc) is 2.91. The molecule has 0 unspecified atom stereocenters. The highest BCUT2D eigenvalue weighted by Gasteiger charge is 2.35. The molecule has 1 aliphatic rings. The lowest BCUT2D eigenvalue weighted by Gasteiger charge is -2.28. The number of methoxy groups -OCH3 is 2. The fourth-order valence-electron chi connectivity index (χ4n) is 4.59. The first-order valence-electron chi connectivity index (χ1n) is 12.4. The molecule has 1 heterocycles. The molecule has 39 heavy (non-hydrogen) atoms. The highest BCUT2D eigenvalue weighted by Crippen LogP contribution is 2.39. The summed E-state index contributed by atoms with van der Waals surface area (Å²) in [6.07, 6.45) is 0. The van der Waals surface area contributed by atoms with Crippen LogP contribution >= 0.6 is 0 Å². The number of esters is 1. The zero-order valence-electron chi connectivity index (χ0n) is 22.3. The first kappa shape index (κ1) is 25.8. The van der Waals surface area contributed by atoms with Crippen LogP contribution in [0.1, 0.15) is 51.8 Å². The Hall–Kier alpha value is -4.85. The van der Waals surface area contributed by atoms with Crippen LogP contribution < -0.4 is 19.7 Å². The lowest BCUT2D eigenvalue weighted by atomic mass is 9.92. The summed E-state index contributed by atoms with van der Waals surface area (Å²) in [5.41, 5.74) is 2.54. The number of anilines is 3. The van der Waals surface area contributed by atoms with Gasteiger partial charge in [-0.2, -0.15) is 0 Å². The fourth-order valence-corrected chi connectivity index (χ4v) is 4.59. The van der Waals surface area contributed by atoms with Gasteiger partial charge in [-0.05, 0) is 75.4 Å². The molecule has 2 amide bonds. The average molecular weight is 525 g/mol. The molecule has 8 nitrogen and oxygen atoms in total. The molecule has 0 atom stereocenters. The molecule has 1 N–H and O–H groups in total. The number of imide groups is 1. The van der Waals surface area contributed by atoms with Gasteiger partial charge in [-0.3, -0.25) is 9.59 Å². The Bertz CT molecular complexity index is 1600. The van der Waals surface area contributed by atoms with E-state index >= 15 is 0 Å². The third-order valence-corrected chi connectivity index (χ3v) is 6.33. The van der Waals surface area contributed by atoms with Crippen molar-refractivity contribution in [2.24, 2.45) is 0 Å².